The van der Waals surface area contributed by atoms with Gasteiger partial charge in [-0.05, 0) is 73.4 Å². The lowest BCUT2D eigenvalue weighted by Gasteiger charge is -2.07. The number of oxazole rings is 1. The lowest BCUT2D eigenvalue weighted by Crippen LogP contribution is -2.09. The zero-order chi connectivity index (χ0) is 21.1. The molecule has 0 aliphatic rings. The topological polar surface area (TPSA) is 55.5 Å². The van der Waals surface area contributed by atoms with E-state index >= 15 is 0 Å². The molecule has 0 aliphatic heterocycles. The van der Waals surface area contributed by atoms with E-state index < -0.39 is 0 Å². The number of aryl methyl sites for hydroxylation is 3. The van der Waals surface area contributed by atoms with Crippen LogP contribution in [0.5, 0.6) is 0 Å². The van der Waals surface area contributed by atoms with Crippen LogP contribution in [0.2, 0.25) is 0 Å². The summed E-state index contributed by atoms with van der Waals surface area (Å²) in [4.78, 5) is 21.3. The Labute approximate surface area is 176 Å². The Kier molecular flexibility index (Phi) is 5.57. The number of aliphatic imine (C=N–C) groups is 1. The molecule has 0 fully saturated rings. The standard InChI is InChI=1S/C26H24N2O2/c1-17-7-10-21(11-8-17)26-28-24-13-20(9-12-25(24)30-26)15-27-16-22(29)14-23-18(2)5-4-6-19(23)3/h4-13,15H,14,16H2,1-3H3. The predicted molar refractivity (Wildman–Crippen MR) is 121 cm³/mol. The maximum Gasteiger partial charge on any atom is 0.227 e. The van der Waals surface area contributed by atoms with Gasteiger partial charge < -0.3 is 4.42 Å². The highest BCUT2D eigenvalue weighted by atomic mass is 16.3. The highest BCUT2D eigenvalue weighted by molar-refractivity contribution is 5.90. The minimum absolute atomic E-state index is 0.104. The molecule has 0 radical (unpaired) electrons. The monoisotopic (exact) mass is 396 g/mol. The van der Waals surface area contributed by atoms with Gasteiger partial charge in [-0.2, -0.15) is 0 Å². The number of aromatic nitrogens is 1. The number of fused-ring (bicyclic) bond motifs is 1. The average Bonchev–Trinajstić information content (AvgIpc) is 3.15. The van der Waals surface area contributed by atoms with Crippen LogP contribution >= 0.6 is 0 Å². The van der Waals surface area contributed by atoms with Crippen molar-refractivity contribution < 1.29 is 9.21 Å². The molecule has 4 heteroatoms. The number of benzene rings is 3. The Morgan fingerprint density at radius 1 is 1.00 bits per heavy atom. The first-order chi connectivity index (χ1) is 14.5. The first-order valence-corrected chi connectivity index (χ1v) is 10.0. The van der Waals surface area contributed by atoms with Crippen molar-refractivity contribution in [3.05, 3.63) is 88.5 Å². The van der Waals surface area contributed by atoms with Crippen LogP contribution in [-0.4, -0.2) is 23.5 Å². The van der Waals surface area contributed by atoms with E-state index in [-0.39, 0.29) is 12.3 Å². The fraction of sp³-hybridized carbons (Fsp3) is 0.192. The van der Waals surface area contributed by atoms with E-state index in [1.165, 1.54) is 5.56 Å². The van der Waals surface area contributed by atoms with E-state index in [0.717, 1.165) is 38.9 Å². The maximum atomic E-state index is 12.4. The number of Topliss-reactive ketones (excluding diaryl/α,β-unsaturated/α-hetero) is 1. The van der Waals surface area contributed by atoms with Crippen molar-refractivity contribution in [1.29, 1.82) is 0 Å². The van der Waals surface area contributed by atoms with Gasteiger partial charge in [-0.15, -0.1) is 0 Å². The molecule has 0 unspecified atom stereocenters. The number of carbonyl (C=O) groups is 1. The van der Waals surface area contributed by atoms with Crippen LogP contribution in [0.25, 0.3) is 22.6 Å². The zero-order valence-electron chi connectivity index (χ0n) is 17.5. The molecular formula is C26H24N2O2. The Morgan fingerprint density at radius 2 is 1.73 bits per heavy atom. The highest BCUT2D eigenvalue weighted by Crippen LogP contribution is 2.25. The highest BCUT2D eigenvalue weighted by Gasteiger charge is 2.09. The van der Waals surface area contributed by atoms with Crippen molar-refractivity contribution >= 4 is 23.1 Å². The normalized spacial score (nSPS) is 11.4. The van der Waals surface area contributed by atoms with E-state index in [9.17, 15) is 4.79 Å². The van der Waals surface area contributed by atoms with Crippen LogP contribution in [-0.2, 0) is 11.2 Å². The van der Waals surface area contributed by atoms with Crippen LogP contribution in [0.3, 0.4) is 0 Å². The lowest BCUT2D eigenvalue weighted by molar-refractivity contribution is -0.117. The minimum Gasteiger partial charge on any atom is -0.436 e. The van der Waals surface area contributed by atoms with Gasteiger partial charge in [-0.1, -0.05) is 35.9 Å². The summed E-state index contributed by atoms with van der Waals surface area (Å²) in [6.07, 6.45) is 2.14. The van der Waals surface area contributed by atoms with Crippen molar-refractivity contribution in [3.8, 4) is 11.5 Å². The first kappa shape index (κ1) is 19.8. The van der Waals surface area contributed by atoms with Crippen molar-refractivity contribution in [2.75, 3.05) is 6.54 Å². The molecule has 0 bridgehead atoms. The molecule has 3 aromatic carbocycles. The van der Waals surface area contributed by atoms with Gasteiger partial charge in [0.2, 0.25) is 5.89 Å². The van der Waals surface area contributed by atoms with Gasteiger partial charge in [-0.3, -0.25) is 9.79 Å². The Balaban J connectivity index is 1.45. The second-order valence-corrected chi connectivity index (χ2v) is 7.67. The molecule has 4 rings (SSSR count). The second kappa shape index (κ2) is 8.46. The minimum atomic E-state index is 0.104. The second-order valence-electron chi connectivity index (χ2n) is 7.67. The lowest BCUT2D eigenvalue weighted by atomic mass is 9.98. The molecule has 30 heavy (non-hydrogen) atoms. The Morgan fingerprint density at radius 3 is 2.47 bits per heavy atom. The zero-order valence-corrected chi connectivity index (χ0v) is 17.5. The van der Waals surface area contributed by atoms with E-state index in [1.54, 1.807) is 6.21 Å². The molecule has 0 saturated carbocycles. The summed E-state index contributed by atoms with van der Waals surface area (Å²) in [5, 5.41) is 0. The van der Waals surface area contributed by atoms with Crippen LogP contribution in [0.15, 0.2) is 70.1 Å². The van der Waals surface area contributed by atoms with Gasteiger partial charge in [-0.25, -0.2) is 4.98 Å². The van der Waals surface area contributed by atoms with Gasteiger partial charge >= 0.3 is 0 Å². The molecule has 0 N–H and O–H groups in total. The summed E-state index contributed by atoms with van der Waals surface area (Å²) in [7, 11) is 0. The smallest absolute Gasteiger partial charge is 0.227 e. The van der Waals surface area contributed by atoms with E-state index in [4.69, 9.17) is 4.42 Å². The van der Waals surface area contributed by atoms with Gasteiger partial charge in [0.25, 0.3) is 0 Å². The quantitative estimate of drug-likeness (QED) is 0.396. The summed E-state index contributed by atoms with van der Waals surface area (Å²) in [5.74, 6) is 0.704. The summed E-state index contributed by atoms with van der Waals surface area (Å²) >= 11 is 0. The summed E-state index contributed by atoms with van der Waals surface area (Å²) in [6.45, 7) is 6.29. The first-order valence-electron chi connectivity index (χ1n) is 10.0. The summed E-state index contributed by atoms with van der Waals surface area (Å²) < 4.78 is 5.87. The third-order valence-corrected chi connectivity index (χ3v) is 5.24. The molecule has 150 valence electrons. The average molecular weight is 396 g/mol. The van der Waals surface area contributed by atoms with Gasteiger partial charge in [0.1, 0.15) is 5.52 Å². The van der Waals surface area contributed by atoms with Gasteiger partial charge in [0.05, 0.1) is 6.54 Å². The maximum absolute atomic E-state index is 12.4. The van der Waals surface area contributed by atoms with Crippen molar-refractivity contribution in [3.63, 3.8) is 0 Å². The molecular weight excluding hydrogens is 372 g/mol. The summed E-state index contributed by atoms with van der Waals surface area (Å²) in [5.41, 5.74) is 7.94. The summed E-state index contributed by atoms with van der Waals surface area (Å²) in [6, 6.07) is 19.9. The molecule has 4 nitrogen and oxygen atoms in total. The number of rotatable bonds is 6. The van der Waals surface area contributed by atoms with Gasteiger partial charge in [0, 0.05) is 18.2 Å². The molecule has 0 aliphatic carbocycles. The molecule has 1 aromatic heterocycles. The van der Waals surface area contributed by atoms with Crippen LogP contribution in [0.4, 0.5) is 0 Å². The van der Waals surface area contributed by atoms with E-state index in [2.05, 4.69) is 9.98 Å². The van der Waals surface area contributed by atoms with Crippen molar-refractivity contribution in [2.24, 2.45) is 4.99 Å². The number of hydrogen-bond acceptors (Lipinski definition) is 4. The Hall–Kier alpha value is -3.53. The number of carbonyl (C=O) groups excluding carboxylic acids is 1. The van der Waals surface area contributed by atoms with E-state index in [1.807, 2.05) is 81.4 Å². The SMILES string of the molecule is Cc1ccc(-c2nc3cc(C=NCC(=O)Cc4c(C)cccc4C)ccc3o2)cc1. The fourth-order valence-electron chi connectivity index (χ4n) is 3.48. The number of hydrogen-bond donors (Lipinski definition) is 0. The van der Waals surface area contributed by atoms with E-state index in [0.29, 0.717) is 12.3 Å². The van der Waals surface area contributed by atoms with Crippen LogP contribution in [0, 0.1) is 20.8 Å². The third kappa shape index (κ3) is 4.38. The van der Waals surface area contributed by atoms with Crippen molar-refractivity contribution in [2.45, 2.75) is 27.2 Å². The molecule has 4 aromatic rings. The van der Waals surface area contributed by atoms with Crippen molar-refractivity contribution in [1.82, 2.24) is 4.98 Å². The largest absolute Gasteiger partial charge is 0.436 e. The molecule has 0 saturated heterocycles. The predicted octanol–water partition coefficient (Wildman–Crippen LogP) is 5.65. The number of ketones is 1. The molecule has 0 spiro atoms. The molecule has 0 amide bonds. The van der Waals surface area contributed by atoms with Gasteiger partial charge in [0.15, 0.2) is 11.4 Å². The molecule has 1 heterocycles. The fourth-order valence-corrected chi connectivity index (χ4v) is 3.48. The molecule has 0 atom stereocenters. The van der Waals surface area contributed by atoms with Crippen LogP contribution in [0.1, 0.15) is 27.8 Å². The third-order valence-electron chi connectivity index (χ3n) is 5.24. The number of nitrogens with zero attached hydrogens (tertiary/aromatic N) is 2. The Bertz CT molecular complexity index is 1210. The van der Waals surface area contributed by atoms with Crippen LogP contribution < -0.4 is 0 Å².